The lowest BCUT2D eigenvalue weighted by molar-refractivity contribution is 0.740. The van der Waals surface area contributed by atoms with Gasteiger partial charge in [0.15, 0.2) is 0 Å². The fraction of sp³-hybridized carbons (Fsp3) is 0.538. The molecule has 1 aromatic carbocycles. The minimum Gasteiger partial charge on any atom is -0.370 e. The third-order valence-electron chi connectivity index (χ3n) is 2.59. The van der Waals surface area contributed by atoms with Crippen LogP contribution in [0.15, 0.2) is 18.2 Å². The molecule has 0 atom stereocenters. The molecule has 0 radical (unpaired) electrons. The van der Waals surface area contributed by atoms with Crippen LogP contribution in [-0.2, 0) is 6.54 Å². The van der Waals surface area contributed by atoms with Gasteiger partial charge in [-0.05, 0) is 24.5 Å². The average molecular weight is 241 g/mol. The number of benzene rings is 1. The van der Waals surface area contributed by atoms with E-state index in [1.165, 1.54) is 0 Å². The van der Waals surface area contributed by atoms with Crippen LogP contribution >= 0.6 is 11.6 Å². The molecule has 3 heteroatoms. The predicted molar refractivity (Wildman–Crippen MR) is 72.1 cm³/mol. The summed E-state index contributed by atoms with van der Waals surface area (Å²) in [7, 11) is 0. The van der Waals surface area contributed by atoms with Gasteiger partial charge in [-0.25, -0.2) is 0 Å². The van der Waals surface area contributed by atoms with Crippen molar-refractivity contribution in [1.82, 2.24) is 0 Å². The molecule has 0 aromatic heterocycles. The van der Waals surface area contributed by atoms with Crippen LogP contribution in [0.2, 0.25) is 5.02 Å². The van der Waals surface area contributed by atoms with Crippen LogP contribution < -0.4 is 10.6 Å². The van der Waals surface area contributed by atoms with E-state index in [0.717, 1.165) is 42.2 Å². The largest absolute Gasteiger partial charge is 0.370 e. The summed E-state index contributed by atoms with van der Waals surface area (Å²) in [6.45, 7) is 6.97. The topological polar surface area (TPSA) is 29.3 Å². The van der Waals surface area contributed by atoms with E-state index in [4.69, 9.17) is 17.3 Å². The molecule has 1 rings (SSSR count). The molecular formula is C13H21ClN2. The van der Waals surface area contributed by atoms with E-state index in [1.54, 1.807) is 0 Å². The minimum absolute atomic E-state index is 0.541. The fourth-order valence-electron chi connectivity index (χ4n) is 1.95. The Balaban J connectivity index is 3.05. The summed E-state index contributed by atoms with van der Waals surface area (Å²) in [5.41, 5.74) is 8.02. The third kappa shape index (κ3) is 3.13. The highest BCUT2D eigenvalue weighted by atomic mass is 35.5. The van der Waals surface area contributed by atoms with E-state index < -0.39 is 0 Å². The maximum Gasteiger partial charge on any atom is 0.0642 e. The first kappa shape index (κ1) is 13.3. The molecular weight excluding hydrogens is 220 g/mol. The first-order valence-electron chi connectivity index (χ1n) is 5.97. The summed E-state index contributed by atoms with van der Waals surface area (Å²) < 4.78 is 0. The van der Waals surface area contributed by atoms with Crippen LogP contribution in [0.5, 0.6) is 0 Å². The van der Waals surface area contributed by atoms with Crippen LogP contribution in [-0.4, -0.2) is 13.1 Å². The first-order valence-corrected chi connectivity index (χ1v) is 6.34. The molecule has 0 unspecified atom stereocenters. The Morgan fingerprint density at radius 3 is 2.31 bits per heavy atom. The van der Waals surface area contributed by atoms with Crippen molar-refractivity contribution < 1.29 is 0 Å². The SMILES string of the molecule is CCCN(CCC)c1c(Cl)cccc1CN. The maximum atomic E-state index is 6.28. The molecule has 0 aliphatic carbocycles. The van der Waals surface area contributed by atoms with E-state index in [0.29, 0.717) is 6.54 Å². The van der Waals surface area contributed by atoms with Crippen LogP contribution in [0.4, 0.5) is 5.69 Å². The summed E-state index contributed by atoms with van der Waals surface area (Å²) in [5, 5.41) is 0.810. The first-order chi connectivity index (χ1) is 7.74. The summed E-state index contributed by atoms with van der Waals surface area (Å²) in [5.74, 6) is 0. The Labute approximate surface area is 103 Å². The van der Waals surface area contributed by atoms with Gasteiger partial charge in [-0.1, -0.05) is 37.6 Å². The van der Waals surface area contributed by atoms with Gasteiger partial charge in [0.2, 0.25) is 0 Å². The Bertz CT molecular complexity index is 320. The zero-order valence-electron chi connectivity index (χ0n) is 10.2. The summed E-state index contributed by atoms with van der Waals surface area (Å²) in [6.07, 6.45) is 2.24. The molecule has 0 amide bonds. The third-order valence-corrected chi connectivity index (χ3v) is 2.90. The van der Waals surface area contributed by atoms with Crippen LogP contribution in [0.1, 0.15) is 32.3 Å². The van der Waals surface area contributed by atoms with Crippen molar-refractivity contribution in [3.05, 3.63) is 28.8 Å². The Morgan fingerprint density at radius 1 is 1.19 bits per heavy atom. The molecule has 0 bridgehead atoms. The molecule has 0 heterocycles. The van der Waals surface area contributed by atoms with E-state index in [2.05, 4.69) is 24.8 Å². The smallest absolute Gasteiger partial charge is 0.0642 e. The molecule has 0 aliphatic heterocycles. The van der Waals surface area contributed by atoms with Crippen molar-refractivity contribution in [2.75, 3.05) is 18.0 Å². The van der Waals surface area contributed by atoms with E-state index in [1.807, 2.05) is 12.1 Å². The zero-order valence-corrected chi connectivity index (χ0v) is 10.9. The molecule has 0 aliphatic rings. The molecule has 1 aromatic rings. The van der Waals surface area contributed by atoms with Gasteiger partial charge in [0.05, 0.1) is 10.7 Å². The van der Waals surface area contributed by atoms with Gasteiger partial charge < -0.3 is 10.6 Å². The number of halogens is 1. The van der Waals surface area contributed by atoms with Gasteiger partial charge in [0.1, 0.15) is 0 Å². The van der Waals surface area contributed by atoms with E-state index in [9.17, 15) is 0 Å². The van der Waals surface area contributed by atoms with Gasteiger partial charge in [-0.15, -0.1) is 0 Å². The summed E-state index contributed by atoms with van der Waals surface area (Å²) >= 11 is 6.28. The van der Waals surface area contributed by atoms with Crippen LogP contribution in [0, 0.1) is 0 Å². The monoisotopic (exact) mass is 240 g/mol. The second kappa shape index (κ2) is 6.77. The maximum absolute atomic E-state index is 6.28. The van der Waals surface area contributed by atoms with Crippen molar-refractivity contribution in [1.29, 1.82) is 0 Å². The number of nitrogens with zero attached hydrogens (tertiary/aromatic N) is 1. The lowest BCUT2D eigenvalue weighted by Gasteiger charge is -2.27. The molecule has 0 spiro atoms. The molecule has 0 saturated carbocycles. The van der Waals surface area contributed by atoms with Gasteiger partial charge in [0, 0.05) is 19.6 Å². The quantitative estimate of drug-likeness (QED) is 0.826. The highest BCUT2D eigenvalue weighted by Crippen LogP contribution is 2.30. The van der Waals surface area contributed by atoms with Gasteiger partial charge in [0.25, 0.3) is 0 Å². The number of rotatable bonds is 6. The lowest BCUT2D eigenvalue weighted by atomic mass is 10.1. The molecule has 2 N–H and O–H groups in total. The van der Waals surface area contributed by atoms with Crippen molar-refractivity contribution in [3.63, 3.8) is 0 Å². The standard InChI is InChI=1S/C13H21ClN2/c1-3-8-16(9-4-2)13-11(10-15)6-5-7-12(13)14/h5-7H,3-4,8-10,15H2,1-2H3. The molecule has 16 heavy (non-hydrogen) atoms. The second-order valence-corrected chi connectivity index (χ2v) is 4.35. The summed E-state index contributed by atoms with van der Waals surface area (Å²) in [6, 6.07) is 5.96. The van der Waals surface area contributed by atoms with Crippen molar-refractivity contribution in [3.8, 4) is 0 Å². The van der Waals surface area contributed by atoms with Crippen molar-refractivity contribution in [2.24, 2.45) is 5.73 Å². The van der Waals surface area contributed by atoms with Crippen LogP contribution in [0.25, 0.3) is 0 Å². The number of anilines is 1. The normalized spacial score (nSPS) is 10.5. The van der Waals surface area contributed by atoms with Gasteiger partial charge in [-0.3, -0.25) is 0 Å². The number of hydrogen-bond donors (Lipinski definition) is 1. The second-order valence-electron chi connectivity index (χ2n) is 3.94. The highest BCUT2D eigenvalue weighted by Gasteiger charge is 2.12. The van der Waals surface area contributed by atoms with Gasteiger partial charge in [-0.2, -0.15) is 0 Å². The molecule has 0 saturated heterocycles. The molecule has 0 fully saturated rings. The van der Waals surface area contributed by atoms with Crippen molar-refractivity contribution >= 4 is 17.3 Å². The van der Waals surface area contributed by atoms with Crippen LogP contribution in [0.3, 0.4) is 0 Å². The van der Waals surface area contributed by atoms with E-state index >= 15 is 0 Å². The Morgan fingerprint density at radius 2 is 1.81 bits per heavy atom. The Hall–Kier alpha value is -0.730. The van der Waals surface area contributed by atoms with E-state index in [-0.39, 0.29) is 0 Å². The molecule has 90 valence electrons. The zero-order chi connectivity index (χ0) is 12.0. The predicted octanol–water partition coefficient (Wildman–Crippen LogP) is 3.43. The number of para-hydroxylation sites is 1. The van der Waals surface area contributed by atoms with Gasteiger partial charge >= 0.3 is 0 Å². The highest BCUT2D eigenvalue weighted by molar-refractivity contribution is 6.33. The lowest BCUT2D eigenvalue weighted by Crippen LogP contribution is -2.26. The van der Waals surface area contributed by atoms with Crippen molar-refractivity contribution in [2.45, 2.75) is 33.2 Å². The minimum atomic E-state index is 0.541. The fourth-order valence-corrected chi connectivity index (χ4v) is 2.27. The Kier molecular flexibility index (Phi) is 5.64. The molecule has 2 nitrogen and oxygen atoms in total. The number of hydrogen-bond acceptors (Lipinski definition) is 2. The summed E-state index contributed by atoms with van der Waals surface area (Å²) in [4.78, 5) is 2.34. The number of nitrogens with two attached hydrogens (primary N) is 1. The average Bonchev–Trinajstić information content (AvgIpc) is 2.28.